The number of hydrogen-bond acceptors (Lipinski definition) is 4. The van der Waals surface area contributed by atoms with Crippen LogP contribution in [0.4, 0.5) is 0 Å². The Labute approximate surface area is 122 Å². The third-order valence-corrected chi connectivity index (χ3v) is 4.54. The number of nitrogens with zero attached hydrogens (tertiary/aromatic N) is 1. The molecule has 2 fully saturated rings. The van der Waals surface area contributed by atoms with Crippen molar-refractivity contribution in [3.05, 3.63) is 0 Å². The molecule has 0 aliphatic carbocycles. The molecule has 2 N–H and O–H groups in total. The zero-order valence-electron chi connectivity index (χ0n) is 13.0. The van der Waals surface area contributed by atoms with Crippen LogP contribution in [0.5, 0.6) is 0 Å². The molecule has 0 radical (unpaired) electrons. The molecule has 0 aromatic rings. The second kappa shape index (κ2) is 7.38. The van der Waals surface area contributed by atoms with Gasteiger partial charge in [0.05, 0.1) is 13.2 Å². The lowest BCUT2D eigenvalue weighted by molar-refractivity contribution is -0.124. The van der Waals surface area contributed by atoms with Gasteiger partial charge in [-0.05, 0) is 39.2 Å². The molecule has 2 aliphatic rings. The van der Waals surface area contributed by atoms with Gasteiger partial charge in [-0.1, -0.05) is 6.92 Å². The number of methoxy groups -OCH3 is 1. The number of fused-ring (bicyclic) bond motifs is 2. The zero-order chi connectivity index (χ0) is 14.5. The van der Waals surface area contributed by atoms with Crippen LogP contribution in [-0.4, -0.2) is 61.8 Å². The smallest absolute Gasteiger partial charge is 0.234 e. The standard InChI is InChI=1S/C15H29N3O2/c1-4-18(9-15(19)16-11(2)10-20-3)14-7-12-5-6-13(8-14)17-12/h11-14,17H,4-10H2,1-3H3,(H,16,19). The molecule has 5 nitrogen and oxygen atoms in total. The maximum absolute atomic E-state index is 12.1. The molecule has 5 heteroatoms. The highest BCUT2D eigenvalue weighted by molar-refractivity contribution is 5.78. The van der Waals surface area contributed by atoms with Crippen molar-refractivity contribution in [1.82, 2.24) is 15.5 Å². The number of nitrogens with one attached hydrogen (secondary N) is 2. The molecule has 1 amide bonds. The highest BCUT2D eigenvalue weighted by atomic mass is 16.5. The summed E-state index contributed by atoms with van der Waals surface area (Å²) in [5.41, 5.74) is 0. The highest BCUT2D eigenvalue weighted by Gasteiger charge is 2.36. The lowest BCUT2D eigenvalue weighted by Gasteiger charge is -2.37. The minimum atomic E-state index is 0.0791. The van der Waals surface area contributed by atoms with Gasteiger partial charge in [-0.15, -0.1) is 0 Å². The van der Waals surface area contributed by atoms with Crippen LogP contribution >= 0.6 is 0 Å². The van der Waals surface area contributed by atoms with Crippen LogP contribution in [0.2, 0.25) is 0 Å². The molecule has 2 aliphatic heterocycles. The Morgan fingerprint density at radius 1 is 1.40 bits per heavy atom. The number of likely N-dealkylation sites (N-methyl/N-ethyl adjacent to an activating group) is 1. The minimum Gasteiger partial charge on any atom is -0.383 e. The average molecular weight is 283 g/mol. The second-order valence-corrected chi connectivity index (χ2v) is 6.25. The molecular formula is C15H29N3O2. The lowest BCUT2D eigenvalue weighted by Crippen LogP contribution is -2.51. The van der Waals surface area contributed by atoms with Gasteiger partial charge >= 0.3 is 0 Å². The number of amides is 1. The molecule has 116 valence electrons. The third-order valence-electron chi connectivity index (χ3n) is 4.54. The Balaban J connectivity index is 1.81. The van der Waals surface area contributed by atoms with Gasteiger partial charge < -0.3 is 15.4 Å². The van der Waals surface area contributed by atoms with Crippen LogP contribution in [0.15, 0.2) is 0 Å². The first-order chi connectivity index (χ1) is 9.62. The molecule has 2 bridgehead atoms. The average Bonchev–Trinajstić information content (AvgIpc) is 2.75. The number of carbonyl (C=O) groups is 1. The van der Waals surface area contributed by atoms with E-state index in [9.17, 15) is 4.79 Å². The van der Waals surface area contributed by atoms with Gasteiger partial charge in [-0.2, -0.15) is 0 Å². The van der Waals surface area contributed by atoms with Gasteiger partial charge in [0.2, 0.25) is 5.91 Å². The van der Waals surface area contributed by atoms with Crippen molar-refractivity contribution in [1.29, 1.82) is 0 Å². The zero-order valence-corrected chi connectivity index (χ0v) is 13.0. The van der Waals surface area contributed by atoms with E-state index in [1.807, 2.05) is 6.92 Å². The molecule has 0 aromatic carbocycles. The van der Waals surface area contributed by atoms with Crippen molar-refractivity contribution in [3.8, 4) is 0 Å². The molecule has 2 saturated heterocycles. The minimum absolute atomic E-state index is 0.0791. The van der Waals surface area contributed by atoms with Gasteiger partial charge in [0.15, 0.2) is 0 Å². The molecule has 2 heterocycles. The summed E-state index contributed by atoms with van der Waals surface area (Å²) >= 11 is 0. The first kappa shape index (κ1) is 15.7. The maximum Gasteiger partial charge on any atom is 0.234 e. The van der Waals surface area contributed by atoms with Gasteiger partial charge in [0.25, 0.3) is 0 Å². The SMILES string of the molecule is CCN(CC(=O)NC(C)COC)C1CC2CCC(C1)N2. The van der Waals surface area contributed by atoms with Crippen LogP contribution in [0, 0.1) is 0 Å². The quantitative estimate of drug-likeness (QED) is 0.724. The summed E-state index contributed by atoms with van der Waals surface area (Å²) in [5, 5.41) is 6.66. The van der Waals surface area contributed by atoms with Crippen molar-refractivity contribution in [3.63, 3.8) is 0 Å². The summed E-state index contributed by atoms with van der Waals surface area (Å²) in [6, 6.07) is 1.98. The second-order valence-electron chi connectivity index (χ2n) is 6.25. The van der Waals surface area contributed by atoms with Crippen molar-refractivity contribution in [2.75, 3.05) is 26.8 Å². The summed E-state index contributed by atoms with van der Waals surface area (Å²) in [6.07, 6.45) is 4.97. The first-order valence-electron chi connectivity index (χ1n) is 7.90. The van der Waals surface area contributed by atoms with Crippen LogP contribution in [-0.2, 0) is 9.53 Å². The normalized spacial score (nSPS) is 30.5. The van der Waals surface area contributed by atoms with E-state index in [0.29, 0.717) is 31.3 Å². The van der Waals surface area contributed by atoms with Crippen LogP contribution in [0.1, 0.15) is 39.5 Å². The predicted molar refractivity (Wildman–Crippen MR) is 79.7 cm³/mol. The molecule has 0 aromatic heterocycles. The van der Waals surface area contributed by atoms with Gasteiger partial charge in [0.1, 0.15) is 0 Å². The van der Waals surface area contributed by atoms with Crippen molar-refractivity contribution in [2.24, 2.45) is 0 Å². The van der Waals surface area contributed by atoms with Gasteiger partial charge in [0, 0.05) is 31.3 Å². The molecule has 0 saturated carbocycles. The monoisotopic (exact) mass is 283 g/mol. The molecule has 20 heavy (non-hydrogen) atoms. The number of rotatable bonds is 7. The van der Waals surface area contributed by atoms with E-state index in [-0.39, 0.29) is 11.9 Å². The Morgan fingerprint density at radius 2 is 2.05 bits per heavy atom. The Kier molecular flexibility index (Phi) is 5.81. The molecule has 0 spiro atoms. The van der Waals surface area contributed by atoms with Crippen LogP contribution in [0.3, 0.4) is 0 Å². The Morgan fingerprint density at radius 3 is 2.60 bits per heavy atom. The fraction of sp³-hybridized carbons (Fsp3) is 0.933. The first-order valence-corrected chi connectivity index (χ1v) is 7.90. The third kappa shape index (κ3) is 4.17. The number of ether oxygens (including phenoxy) is 1. The predicted octanol–water partition coefficient (Wildman–Crippen LogP) is 0.742. The Hall–Kier alpha value is -0.650. The van der Waals surface area contributed by atoms with Crippen molar-refractivity contribution in [2.45, 2.75) is 63.7 Å². The van der Waals surface area contributed by atoms with Crippen LogP contribution < -0.4 is 10.6 Å². The fourth-order valence-corrected chi connectivity index (χ4v) is 3.62. The van der Waals surface area contributed by atoms with E-state index in [0.717, 1.165) is 6.54 Å². The summed E-state index contributed by atoms with van der Waals surface area (Å²) in [7, 11) is 1.66. The Bertz CT molecular complexity index is 312. The van der Waals surface area contributed by atoms with E-state index < -0.39 is 0 Å². The fourth-order valence-electron chi connectivity index (χ4n) is 3.62. The summed E-state index contributed by atoms with van der Waals surface area (Å²) in [4.78, 5) is 14.4. The topological polar surface area (TPSA) is 53.6 Å². The van der Waals surface area contributed by atoms with Crippen molar-refractivity contribution < 1.29 is 9.53 Å². The number of carbonyl (C=O) groups excluding carboxylic acids is 1. The maximum atomic E-state index is 12.1. The molecule has 2 rings (SSSR count). The van der Waals surface area contributed by atoms with E-state index in [1.165, 1.54) is 25.7 Å². The van der Waals surface area contributed by atoms with E-state index in [1.54, 1.807) is 7.11 Å². The van der Waals surface area contributed by atoms with Gasteiger partial charge in [-0.3, -0.25) is 9.69 Å². The van der Waals surface area contributed by atoms with E-state index in [2.05, 4.69) is 22.5 Å². The molecule has 3 unspecified atom stereocenters. The summed E-state index contributed by atoms with van der Waals surface area (Å²) < 4.78 is 5.05. The number of piperidine rings is 1. The van der Waals surface area contributed by atoms with E-state index in [4.69, 9.17) is 4.74 Å². The van der Waals surface area contributed by atoms with Crippen molar-refractivity contribution >= 4 is 5.91 Å². The van der Waals surface area contributed by atoms with E-state index >= 15 is 0 Å². The highest BCUT2D eigenvalue weighted by Crippen LogP contribution is 2.29. The lowest BCUT2D eigenvalue weighted by atomic mass is 9.98. The molecular weight excluding hydrogens is 254 g/mol. The summed E-state index contributed by atoms with van der Waals surface area (Å²) in [6.45, 7) is 6.14. The number of hydrogen-bond donors (Lipinski definition) is 2. The van der Waals surface area contributed by atoms with Crippen LogP contribution in [0.25, 0.3) is 0 Å². The molecule has 3 atom stereocenters. The van der Waals surface area contributed by atoms with Gasteiger partial charge in [-0.25, -0.2) is 0 Å². The largest absolute Gasteiger partial charge is 0.383 e. The summed E-state index contributed by atoms with van der Waals surface area (Å²) in [5.74, 6) is 0.113.